The first-order chi connectivity index (χ1) is 17.4. The summed E-state index contributed by atoms with van der Waals surface area (Å²) in [5.41, 5.74) is 5.18. The number of ether oxygens (including phenoxy) is 1. The van der Waals surface area contributed by atoms with Gasteiger partial charge in [-0.1, -0.05) is 35.5 Å². The summed E-state index contributed by atoms with van der Waals surface area (Å²) in [5.74, 6) is 1.59. The average molecular weight is 516 g/mol. The number of fused-ring (bicyclic) bond motifs is 1. The Labute approximate surface area is 217 Å². The molecular weight excluding hydrogens is 490 g/mol. The fraction of sp³-hybridized carbons (Fsp3) is 0.185. The number of anilines is 1. The van der Waals surface area contributed by atoms with Crippen molar-refractivity contribution < 1.29 is 9.53 Å². The van der Waals surface area contributed by atoms with Gasteiger partial charge in [0.1, 0.15) is 17.4 Å². The van der Waals surface area contributed by atoms with Crippen molar-refractivity contribution in [3.63, 3.8) is 0 Å². The number of carbonyl (C=O) groups is 1. The standard InChI is InChI=1S/C27H25N5O2S2/c1-17-4-11-21(12-5-17)34-15-24-30-31-27(32(24)3)35-16-25(33)28-20-9-7-19(8-10-20)26-29-22-13-6-18(2)14-23(22)36-26/h4-14H,15-16H2,1-3H3,(H,28,33). The van der Waals surface area contributed by atoms with Crippen LogP contribution in [0.3, 0.4) is 0 Å². The van der Waals surface area contributed by atoms with Crippen LogP contribution in [0.15, 0.2) is 71.9 Å². The SMILES string of the molecule is Cc1ccc(OCc2nnc(SCC(=O)Nc3ccc(-c4nc5ccc(C)cc5s4)cc3)n2C)cc1. The van der Waals surface area contributed by atoms with E-state index >= 15 is 0 Å². The molecule has 0 saturated carbocycles. The maximum absolute atomic E-state index is 12.5. The first-order valence-corrected chi connectivity index (χ1v) is 13.2. The predicted molar refractivity (Wildman–Crippen MR) is 146 cm³/mol. The number of carbonyl (C=O) groups excluding carboxylic acids is 1. The van der Waals surface area contributed by atoms with Crippen LogP contribution in [0.2, 0.25) is 0 Å². The lowest BCUT2D eigenvalue weighted by molar-refractivity contribution is -0.113. The minimum absolute atomic E-state index is 0.108. The van der Waals surface area contributed by atoms with E-state index in [0.717, 1.165) is 27.5 Å². The van der Waals surface area contributed by atoms with Crippen LogP contribution in [-0.4, -0.2) is 31.4 Å². The van der Waals surface area contributed by atoms with E-state index in [4.69, 9.17) is 9.72 Å². The maximum atomic E-state index is 12.5. The third kappa shape index (κ3) is 5.58. The van der Waals surface area contributed by atoms with Gasteiger partial charge >= 0.3 is 0 Å². The van der Waals surface area contributed by atoms with Gasteiger partial charge in [-0.05, 0) is 67.9 Å². The Hall–Kier alpha value is -3.69. The summed E-state index contributed by atoms with van der Waals surface area (Å²) in [6.45, 7) is 4.42. The molecule has 1 amide bonds. The highest BCUT2D eigenvalue weighted by atomic mass is 32.2. The van der Waals surface area contributed by atoms with Crippen molar-refractivity contribution in [2.45, 2.75) is 25.6 Å². The molecule has 9 heteroatoms. The molecule has 0 bridgehead atoms. The molecular formula is C27H25N5O2S2. The Morgan fingerprint density at radius 1 is 1.00 bits per heavy atom. The number of hydrogen-bond acceptors (Lipinski definition) is 7. The smallest absolute Gasteiger partial charge is 0.234 e. The fourth-order valence-corrected chi connectivity index (χ4v) is 5.36. The van der Waals surface area contributed by atoms with Gasteiger partial charge in [-0.3, -0.25) is 4.79 Å². The number of amides is 1. The van der Waals surface area contributed by atoms with E-state index < -0.39 is 0 Å². The van der Waals surface area contributed by atoms with E-state index in [1.54, 1.807) is 11.3 Å². The van der Waals surface area contributed by atoms with Crippen molar-refractivity contribution in [2.24, 2.45) is 7.05 Å². The zero-order valence-corrected chi connectivity index (χ0v) is 21.8. The van der Waals surface area contributed by atoms with E-state index in [1.165, 1.54) is 27.6 Å². The minimum Gasteiger partial charge on any atom is -0.486 e. The fourth-order valence-electron chi connectivity index (χ4n) is 3.56. The quantitative estimate of drug-likeness (QED) is 0.255. The number of nitrogens with one attached hydrogen (secondary N) is 1. The van der Waals surface area contributed by atoms with Gasteiger partial charge in [-0.15, -0.1) is 21.5 Å². The predicted octanol–water partition coefficient (Wildman–Crippen LogP) is 6.02. The second-order valence-corrected chi connectivity index (χ2v) is 10.4. The summed E-state index contributed by atoms with van der Waals surface area (Å²) < 4.78 is 8.82. The van der Waals surface area contributed by atoms with Gasteiger partial charge in [0.15, 0.2) is 11.0 Å². The third-order valence-corrected chi connectivity index (χ3v) is 7.69. The highest BCUT2D eigenvalue weighted by Crippen LogP contribution is 2.31. The molecule has 7 nitrogen and oxygen atoms in total. The maximum Gasteiger partial charge on any atom is 0.234 e. The molecule has 0 aliphatic carbocycles. The third-order valence-electron chi connectivity index (χ3n) is 5.61. The molecule has 0 aliphatic heterocycles. The van der Waals surface area contributed by atoms with E-state index in [1.807, 2.05) is 73.1 Å². The average Bonchev–Trinajstić information content (AvgIpc) is 3.45. The lowest BCUT2D eigenvalue weighted by Gasteiger charge is -2.07. The molecule has 0 spiro atoms. The molecule has 3 aromatic carbocycles. The molecule has 0 radical (unpaired) electrons. The van der Waals surface area contributed by atoms with Crippen molar-refractivity contribution >= 4 is 44.9 Å². The summed E-state index contributed by atoms with van der Waals surface area (Å²) in [6.07, 6.45) is 0. The molecule has 0 aliphatic rings. The molecule has 0 unspecified atom stereocenters. The van der Waals surface area contributed by atoms with Crippen LogP contribution in [0.5, 0.6) is 5.75 Å². The van der Waals surface area contributed by atoms with Gasteiger partial charge in [0.2, 0.25) is 5.91 Å². The number of rotatable bonds is 8. The van der Waals surface area contributed by atoms with Crippen molar-refractivity contribution in [1.29, 1.82) is 0 Å². The largest absolute Gasteiger partial charge is 0.486 e. The molecule has 182 valence electrons. The van der Waals surface area contributed by atoms with Crippen LogP contribution in [0.4, 0.5) is 5.69 Å². The molecule has 2 heterocycles. The van der Waals surface area contributed by atoms with Crippen LogP contribution in [-0.2, 0) is 18.4 Å². The number of aromatic nitrogens is 4. The zero-order chi connectivity index (χ0) is 25.1. The highest BCUT2D eigenvalue weighted by Gasteiger charge is 2.13. The Kier molecular flexibility index (Phi) is 7.02. The van der Waals surface area contributed by atoms with Gasteiger partial charge < -0.3 is 14.6 Å². The number of aryl methyl sites for hydroxylation is 2. The van der Waals surface area contributed by atoms with Crippen LogP contribution in [0.25, 0.3) is 20.8 Å². The lowest BCUT2D eigenvalue weighted by Crippen LogP contribution is -2.14. The first-order valence-electron chi connectivity index (χ1n) is 11.4. The number of nitrogens with zero attached hydrogens (tertiary/aromatic N) is 4. The van der Waals surface area contributed by atoms with Crippen molar-refractivity contribution in [3.05, 3.63) is 83.7 Å². The van der Waals surface area contributed by atoms with Gasteiger partial charge in [0, 0.05) is 18.3 Å². The number of thioether (sulfide) groups is 1. The second-order valence-electron chi connectivity index (χ2n) is 8.46. The topological polar surface area (TPSA) is 81.9 Å². The van der Waals surface area contributed by atoms with Crippen molar-refractivity contribution in [1.82, 2.24) is 19.7 Å². The molecule has 2 aromatic heterocycles. The molecule has 5 rings (SSSR count). The van der Waals surface area contributed by atoms with Crippen molar-refractivity contribution in [2.75, 3.05) is 11.1 Å². The van der Waals surface area contributed by atoms with Crippen LogP contribution < -0.4 is 10.1 Å². The van der Waals surface area contributed by atoms with Gasteiger partial charge in [0.25, 0.3) is 0 Å². The van der Waals surface area contributed by atoms with Gasteiger partial charge in [-0.25, -0.2) is 4.98 Å². The Morgan fingerprint density at radius 2 is 1.75 bits per heavy atom. The summed E-state index contributed by atoms with van der Waals surface area (Å²) in [6, 6.07) is 21.9. The van der Waals surface area contributed by atoms with E-state index in [2.05, 4.69) is 34.6 Å². The number of hydrogen-bond donors (Lipinski definition) is 1. The Bertz CT molecular complexity index is 1510. The van der Waals surface area contributed by atoms with E-state index in [-0.39, 0.29) is 11.7 Å². The number of thiazole rings is 1. The van der Waals surface area contributed by atoms with Gasteiger partial charge in [0.05, 0.1) is 16.0 Å². The summed E-state index contributed by atoms with van der Waals surface area (Å²) in [7, 11) is 1.87. The second kappa shape index (κ2) is 10.5. The molecule has 0 fully saturated rings. The molecule has 5 aromatic rings. The summed E-state index contributed by atoms with van der Waals surface area (Å²) in [5, 5.41) is 13.0. The van der Waals surface area contributed by atoms with Crippen LogP contribution in [0.1, 0.15) is 17.0 Å². The summed E-state index contributed by atoms with van der Waals surface area (Å²) >= 11 is 3.01. The monoisotopic (exact) mass is 515 g/mol. The van der Waals surface area contributed by atoms with E-state index in [9.17, 15) is 4.79 Å². The van der Waals surface area contributed by atoms with Crippen LogP contribution in [0, 0.1) is 13.8 Å². The molecule has 1 N–H and O–H groups in total. The first kappa shape index (κ1) is 24.0. The Morgan fingerprint density at radius 3 is 2.53 bits per heavy atom. The van der Waals surface area contributed by atoms with E-state index in [0.29, 0.717) is 17.6 Å². The highest BCUT2D eigenvalue weighted by molar-refractivity contribution is 7.99. The normalized spacial score (nSPS) is 11.1. The Balaban J connectivity index is 1.14. The van der Waals surface area contributed by atoms with Crippen LogP contribution >= 0.6 is 23.1 Å². The lowest BCUT2D eigenvalue weighted by atomic mass is 10.2. The minimum atomic E-state index is -0.108. The molecule has 0 atom stereocenters. The molecule has 0 saturated heterocycles. The molecule has 36 heavy (non-hydrogen) atoms. The number of benzene rings is 3. The van der Waals surface area contributed by atoms with Crippen molar-refractivity contribution in [3.8, 4) is 16.3 Å². The zero-order valence-electron chi connectivity index (χ0n) is 20.2. The summed E-state index contributed by atoms with van der Waals surface area (Å²) in [4.78, 5) is 17.2. The van der Waals surface area contributed by atoms with Gasteiger partial charge in [-0.2, -0.15) is 0 Å².